The largest absolute Gasteiger partial charge is 0.329 e. The standard InChI is InChI=1S/C8H17NO3P/c1-5-8(10)13(11)12-7-6-9(2,3)4/h5,13H,1,6-7H2,2-4H3/q+1. The third-order valence-electron chi connectivity index (χ3n) is 1.38. The van der Waals surface area contributed by atoms with Gasteiger partial charge in [0, 0.05) is 0 Å². The summed E-state index contributed by atoms with van der Waals surface area (Å²) in [6.07, 6.45) is 1.03. The first-order chi connectivity index (χ1) is 5.87. The van der Waals surface area contributed by atoms with E-state index < -0.39 is 13.6 Å². The summed E-state index contributed by atoms with van der Waals surface area (Å²) >= 11 is 0. The summed E-state index contributed by atoms with van der Waals surface area (Å²) in [5.74, 6) is 0. The second-order valence-corrected chi connectivity index (χ2v) is 5.07. The maximum Gasteiger partial charge on any atom is 0.259 e. The van der Waals surface area contributed by atoms with Gasteiger partial charge < -0.3 is 9.01 Å². The van der Waals surface area contributed by atoms with Crippen LogP contribution in [-0.2, 0) is 13.9 Å². The van der Waals surface area contributed by atoms with Gasteiger partial charge in [-0.15, -0.1) is 0 Å². The molecule has 0 fully saturated rings. The van der Waals surface area contributed by atoms with E-state index in [2.05, 4.69) is 6.58 Å². The first-order valence-corrected chi connectivity index (χ1v) is 5.32. The van der Waals surface area contributed by atoms with Crippen molar-refractivity contribution in [1.82, 2.24) is 0 Å². The van der Waals surface area contributed by atoms with Crippen molar-refractivity contribution >= 4 is 13.6 Å². The monoisotopic (exact) mass is 206 g/mol. The molecule has 0 heterocycles. The predicted molar refractivity (Wildman–Crippen MR) is 53.1 cm³/mol. The molecule has 0 bridgehead atoms. The van der Waals surface area contributed by atoms with Crippen LogP contribution in [0, 0.1) is 0 Å². The molecule has 0 spiro atoms. The van der Waals surface area contributed by atoms with Crippen LogP contribution < -0.4 is 0 Å². The summed E-state index contributed by atoms with van der Waals surface area (Å²) in [4.78, 5) is 10.8. The number of allylic oxidation sites excluding steroid dienone is 1. The lowest BCUT2D eigenvalue weighted by Crippen LogP contribution is -2.37. The van der Waals surface area contributed by atoms with Crippen LogP contribution in [0.2, 0.25) is 0 Å². The highest BCUT2D eigenvalue weighted by Crippen LogP contribution is 2.23. The van der Waals surface area contributed by atoms with Crippen LogP contribution in [0.25, 0.3) is 0 Å². The third kappa shape index (κ3) is 6.70. The first-order valence-electron chi connectivity index (χ1n) is 4.01. The van der Waals surface area contributed by atoms with Gasteiger partial charge >= 0.3 is 0 Å². The van der Waals surface area contributed by atoms with Crippen molar-refractivity contribution in [2.24, 2.45) is 0 Å². The van der Waals surface area contributed by atoms with Crippen molar-refractivity contribution in [3.63, 3.8) is 0 Å². The molecule has 0 aliphatic heterocycles. The normalized spacial score (nSPS) is 13.8. The summed E-state index contributed by atoms with van der Waals surface area (Å²) in [5, 5.41) is 0. The number of rotatable bonds is 6. The van der Waals surface area contributed by atoms with Gasteiger partial charge in [0.05, 0.1) is 21.1 Å². The summed E-state index contributed by atoms with van der Waals surface area (Å²) in [6, 6.07) is 0. The number of quaternary nitrogens is 1. The molecule has 0 aromatic heterocycles. The maximum absolute atomic E-state index is 11.0. The lowest BCUT2D eigenvalue weighted by molar-refractivity contribution is -0.870. The molecule has 4 nitrogen and oxygen atoms in total. The van der Waals surface area contributed by atoms with Gasteiger partial charge in [0.25, 0.3) is 8.03 Å². The van der Waals surface area contributed by atoms with Gasteiger partial charge in [-0.2, -0.15) is 0 Å². The Labute approximate surface area is 79.6 Å². The molecule has 0 N–H and O–H groups in total. The van der Waals surface area contributed by atoms with E-state index in [1.165, 1.54) is 0 Å². The van der Waals surface area contributed by atoms with Gasteiger partial charge in [-0.1, -0.05) is 6.58 Å². The molecule has 0 aromatic rings. The summed E-state index contributed by atoms with van der Waals surface area (Å²) in [5.41, 5.74) is -0.508. The number of hydrogen-bond acceptors (Lipinski definition) is 3. The van der Waals surface area contributed by atoms with E-state index >= 15 is 0 Å². The zero-order chi connectivity index (χ0) is 10.5. The quantitative estimate of drug-likeness (QED) is 0.368. The molecule has 13 heavy (non-hydrogen) atoms. The van der Waals surface area contributed by atoms with Crippen molar-refractivity contribution in [3.8, 4) is 0 Å². The van der Waals surface area contributed by atoms with Crippen LogP contribution in [-0.4, -0.2) is 44.3 Å². The molecule has 1 atom stereocenters. The van der Waals surface area contributed by atoms with Crippen LogP contribution in [0.1, 0.15) is 0 Å². The molecule has 0 aliphatic rings. The molecule has 0 saturated heterocycles. The lowest BCUT2D eigenvalue weighted by Gasteiger charge is -2.23. The van der Waals surface area contributed by atoms with Crippen molar-refractivity contribution < 1.29 is 18.4 Å². The van der Waals surface area contributed by atoms with E-state index in [1.54, 1.807) is 0 Å². The van der Waals surface area contributed by atoms with E-state index in [0.29, 0.717) is 6.61 Å². The fourth-order valence-electron chi connectivity index (χ4n) is 0.567. The Morgan fingerprint density at radius 1 is 1.54 bits per heavy atom. The van der Waals surface area contributed by atoms with Gasteiger partial charge in [0.1, 0.15) is 13.2 Å². The van der Waals surface area contributed by atoms with Crippen LogP contribution in [0.3, 0.4) is 0 Å². The van der Waals surface area contributed by atoms with Crippen LogP contribution in [0.4, 0.5) is 0 Å². The maximum atomic E-state index is 11.0. The van der Waals surface area contributed by atoms with E-state index in [0.717, 1.165) is 17.1 Å². The Bertz CT molecular complexity index is 220. The summed E-state index contributed by atoms with van der Waals surface area (Å²) < 4.78 is 16.6. The first kappa shape index (κ1) is 12.6. The molecular formula is C8H17NO3P+. The predicted octanol–water partition coefficient (Wildman–Crippen LogP) is 0.896. The lowest BCUT2D eigenvalue weighted by atomic mass is 10.5. The Kier molecular flexibility index (Phi) is 5.14. The Morgan fingerprint density at radius 3 is 2.46 bits per heavy atom. The molecule has 0 amide bonds. The highest BCUT2D eigenvalue weighted by atomic mass is 31.1. The van der Waals surface area contributed by atoms with Gasteiger partial charge in [-0.3, -0.25) is 9.36 Å². The van der Waals surface area contributed by atoms with Crippen molar-refractivity contribution in [2.75, 3.05) is 34.3 Å². The van der Waals surface area contributed by atoms with E-state index in [1.807, 2.05) is 21.1 Å². The zero-order valence-electron chi connectivity index (χ0n) is 8.37. The van der Waals surface area contributed by atoms with Crippen LogP contribution in [0.5, 0.6) is 0 Å². The average Bonchev–Trinajstić information content (AvgIpc) is 2.00. The Balaban J connectivity index is 3.72. The highest BCUT2D eigenvalue weighted by molar-refractivity contribution is 7.59. The minimum absolute atomic E-state index is 0.334. The minimum Gasteiger partial charge on any atom is -0.329 e. The molecule has 0 saturated carbocycles. The summed E-state index contributed by atoms with van der Waals surface area (Å²) in [6.45, 7) is 4.29. The van der Waals surface area contributed by atoms with E-state index in [9.17, 15) is 9.36 Å². The fourth-order valence-corrected chi connectivity index (χ4v) is 1.15. The molecule has 1 unspecified atom stereocenters. The Hall–Kier alpha value is -0.440. The molecule has 0 aromatic carbocycles. The number of likely N-dealkylation sites (N-methyl/N-ethyl adjacent to an activating group) is 1. The second-order valence-electron chi connectivity index (χ2n) is 3.72. The van der Waals surface area contributed by atoms with E-state index in [4.69, 9.17) is 4.52 Å². The number of hydrogen-bond donors (Lipinski definition) is 0. The SMILES string of the molecule is C=CC(=O)[PH](=O)OCC[N+](C)(C)C. The van der Waals surface area contributed by atoms with Crippen molar-refractivity contribution in [3.05, 3.63) is 12.7 Å². The van der Waals surface area contributed by atoms with Crippen LogP contribution in [0.15, 0.2) is 12.7 Å². The van der Waals surface area contributed by atoms with Crippen molar-refractivity contribution in [1.29, 1.82) is 0 Å². The minimum atomic E-state index is -2.56. The average molecular weight is 206 g/mol. The van der Waals surface area contributed by atoms with Gasteiger partial charge in [-0.05, 0) is 6.08 Å². The number of carbonyl (C=O) groups excluding carboxylic acids is 1. The molecule has 0 rings (SSSR count). The fraction of sp³-hybridized carbons (Fsp3) is 0.625. The molecular weight excluding hydrogens is 189 g/mol. The van der Waals surface area contributed by atoms with Gasteiger partial charge in [-0.25, -0.2) is 0 Å². The van der Waals surface area contributed by atoms with Gasteiger partial charge in [0.15, 0.2) is 0 Å². The molecule has 5 heteroatoms. The number of carbonyl (C=O) groups is 1. The number of nitrogens with zero attached hydrogens (tertiary/aromatic N) is 1. The van der Waals surface area contributed by atoms with Crippen LogP contribution >= 0.6 is 8.03 Å². The third-order valence-corrected chi connectivity index (χ3v) is 2.45. The second kappa shape index (κ2) is 5.32. The van der Waals surface area contributed by atoms with Crippen molar-refractivity contribution in [2.45, 2.75) is 0 Å². The smallest absolute Gasteiger partial charge is 0.259 e. The molecule has 0 aliphatic carbocycles. The molecule has 0 radical (unpaired) electrons. The molecule has 76 valence electrons. The Morgan fingerprint density at radius 2 is 2.08 bits per heavy atom. The highest BCUT2D eigenvalue weighted by Gasteiger charge is 2.11. The summed E-state index contributed by atoms with van der Waals surface area (Å²) in [7, 11) is 3.43. The zero-order valence-corrected chi connectivity index (χ0v) is 9.37. The topological polar surface area (TPSA) is 43.4 Å². The van der Waals surface area contributed by atoms with Gasteiger partial charge in [0.2, 0.25) is 5.52 Å². The van der Waals surface area contributed by atoms with E-state index in [-0.39, 0.29) is 0 Å².